The van der Waals surface area contributed by atoms with E-state index in [4.69, 9.17) is 9.47 Å². The van der Waals surface area contributed by atoms with Crippen LogP contribution in [0, 0.1) is 5.92 Å². The van der Waals surface area contributed by atoms with Gasteiger partial charge in [-0.15, -0.1) is 0 Å². The number of aliphatic hydroxyl groups excluding tert-OH is 1. The molecule has 1 saturated carbocycles. The fraction of sp³-hybridized carbons (Fsp3) is 0.611. The maximum atomic E-state index is 12.5. The highest BCUT2D eigenvalue weighted by Gasteiger charge is 2.38. The zero-order chi connectivity index (χ0) is 16.6. The molecule has 23 heavy (non-hydrogen) atoms. The summed E-state index contributed by atoms with van der Waals surface area (Å²) in [5, 5.41) is 12.8. The first-order valence-electron chi connectivity index (χ1n) is 8.20. The van der Waals surface area contributed by atoms with Gasteiger partial charge >= 0.3 is 0 Å². The molecule has 3 rings (SSSR count). The monoisotopic (exact) mass is 319 g/mol. The SMILES string of the molecule is COC(C)(C)C(=O)NC(c1ccc2c(c1)CCO2)C1CC(O)C1. The quantitative estimate of drug-likeness (QED) is 0.871. The van der Waals surface area contributed by atoms with Gasteiger partial charge in [-0.2, -0.15) is 0 Å². The molecule has 5 nitrogen and oxygen atoms in total. The van der Waals surface area contributed by atoms with Crippen LogP contribution >= 0.6 is 0 Å². The summed E-state index contributed by atoms with van der Waals surface area (Å²) >= 11 is 0. The van der Waals surface area contributed by atoms with E-state index in [1.165, 1.54) is 12.7 Å². The summed E-state index contributed by atoms with van der Waals surface area (Å²) in [4.78, 5) is 12.5. The lowest BCUT2D eigenvalue weighted by molar-refractivity contribution is -0.141. The Hall–Kier alpha value is -1.59. The number of rotatable bonds is 5. The van der Waals surface area contributed by atoms with E-state index < -0.39 is 5.60 Å². The van der Waals surface area contributed by atoms with Crippen molar-refractivity contribution in [1.82, 2.24) is 5.32 Å². The summed E-state index contributed by atoms with van der Waals surface area (Å²) in [5.41, 5.74) is 1.39. The Morgan fingerprint density at radius 1 is 1.43 bits per heavy atom. The summed E-state index contributed by atoms with van der Waals surface area (Å²) in [6.45, 7) is 4.23. The maximum Gasteiger partial charge on any atom is 0.252 e. The number of ether oxygens (including phenoxy) is 2. The lowest BCUT2D eigenvalue weighted by Gasteiger charge is -2.39. The van der Waals surface area contributed by atoms with Gasteiger partial charge in [0.2, 0.25) is 0 Å². The third-order valence-corrected chi connectivity index (χ3v) is 5.04. The van der Waals surface area contributed by atoms with E-state index >= 15 is 0 Å². The molecule has 1 aliphatic heterocycles. The van der Waals surface area contributed by atoms with Gasteiger partial charge in [-0.05, 0) is 55.9 Å². The van der Waals surface area contributed by atoms with E-state index in [1.807, 2.05) is 12.1 Å². The minimum Gasteiger partial charge on any atom is -0.493 e. The van der Waals surface area contributed by atoms with Gasteiger partial charge in [0.25, 0.3) is 5.91 Å². The smallest absolute Gasteiger partial charge is 0.252 e. The van der Waals surface area contributed by atoms with Crippen LogP contribution in [0.25, 0.3) is 0 Å². The number of benzene rings is 1. The zero-order valence-electron chi connectivity index (χ0n) is 14.0. The molecule has 1 atom stereocenters. The molecular formula is C18H25NO4. The van der Waals surface area contributed by atoms with Crippen LogP contribution in [0.1, 0.15) is 43.9 Å². The molecule has 2 N–H and O–H groups in total. The van der Waals surface area contributed by atoms with E-state index in [0.29, 0.717) is 19.4 Å². The normalized spacial score (nSPS) is 24.3. The van der Waals surface area contributed by atoms with Crippen molar-refractivity contribution in [3.63, 3.8) is 0 Å². The van der Waals surface area contributed by atoms with Crippen LogP contribution in [0.5, 0.6) is 5.75 Å². The highest BCUT2D eigenvalue weighted by molar-refractivity contribution is 5.84. The third-order valence-electron chi connectivity index (χ3n) is 5.04. The Labute approximate surface area is 137 Å². The summed E-state index contributed by atoms with van der Waals surface area (Å²) in [6, 6.07) is 6.01. The summed E-state index contributed by atoms with van der Waals surface area (Å²) < 4.78 is 10.8. The second-order valence-electron chi connectivity index (χ2n) is 7.02. The summed E-state index contributed by atoms with van der Waals surface area (Å²) in [5.74, 6) is 1.05. The molecule has 0 radical (unpaired) electrons. The minimum atomic E-state index is -0.875. The van der Waals surface area contributed by atoms with Crippen LogP contribution in [0.15, 0.2) is 18.2 Å². The van der Waals surface area contributed by atoms with Crippen LogP contribution < -0.4 is 10.1 Å². The molecule has 0 saturated heterocycles. The van der Waals surface area contributed by atoms with Gasteiger partial charge in [0.15, 0.2) is 0 Å². The van der Waals surface area contributed by atoms with E-state index in [1.54, 1.807) is 13.8 Å². The Morgan fingerprint density at radius 2 is 2.17 bits per heavy atom. The van der Waals surface area contributed by atoms with Crippen molar-refractivity contribution in [2.24, 2.45) is 5.92 Å². The van der Waals surface area contributed by atoms with Crippen molar-refractivity contribution in [3.8, 4) is 5.75 Å². The number of hydrogen-bond donors (Lipinski definition) is 2. The Kier molecular flexibility index (Phi) is 4.34. The van der Waals surface area contributed by atoms with Crippen LogP contribution in [0.4, 0.5) is 0 Å². The van der Waals surface area contributed by atoms with Crippen molar-refractivity contribution in [2.75, 3.05) is 13.7 Å². The minimum absolute atomic E-state index is 0.105. The highest BCUT2D eigenvalue weighted by atomic mass is 16.5. The molecule has 0 bridgehead atoms. The van der Waals surface area contributed by atoms with E-state index in [-0.39, 0.29) is 24.0 Å². The predicted octanol–water partition coefficient (Wildman–Crippen LogP) is 1.97. The molecule has 0 spiro atoms. The Morgan fingerprint density at radius 3 is 2.83 bits per heavy atom. The molecule has 1 heterocycles. The number of hydrogen-bond acceptors (Lipinski definition) is 4. The second-order valence-corrected chi connectivity index (χ2v) is 7.02. The molecule has 1 amide bonds. The standard InChI is InChI=1S/C18H25NO4/c1-18(2,22-3)17(21)19-16(13-9-14(20)10-13)12-4-5-15-11(8-12)6-7-23-15/h4-5,8,13-14,16,20H,6-7,9-10H2,1-3H3,(H,19,21). The van der Waals surface area contributed by atoms with Crippen molar-refractivity contribution >= 4 is 5.91 Å². The summed E-state index contributed by atoms with van der Waals surface area (Å²) in [6.07, 6.45) is 2.08. The molecule has 1 fully saturated rings. The summed E-state index contributed by atoms with van der Waals surface area (Å²) in [7, 11) is 1.54. The van der Waals surface area contributed by atoms with Crippen LogP contribution in [-0.4, -0.2) is 36.4 Å². The fourth-order valence-corrected chi connectivity index (χ4v) is 3.18. The van der Waals surface area contributed by atoms with Crippen LogP contribution in [0.2, 0.25) is 0 Å². The van der Waals surface area contributed by atoms with Gasteiger partial charge in [0, 0.05) is 13.5 Å². The van der Waals surface area contributed by atoms with Gasteiger partial charge in [-0.1, -0.05) is 6.07 Å². The lowest BCUT2D eigenvalue weighted by Crippen LogP contribution is -2.49. The molecule has 1 aromatic carbocycles. The molecule has 1 aliphatic carbocycles. The van der Waals surface area contributed by atoms with Crippen LogP contribution in [0.3, 0.4) is 0 Å². The number of aliphatic hydroxyl groups is 1. The number of nitrogens with one attached hydrogen (secondary N) is 1. The molecular weight excluding hydrogens is 294 g/mol. The second kappa shape index (κ2) is 6.13. The zero-order valence-corrected chi connectivity index (χ0v) is 14.0. The first-order valence-corrected chi connectivity index (χ1v) is 8.20. The van der Waals surface area contributed by atoms with Crippen molar-refractivity contribution in [1.29, 1.82) is 0 Å². The average molecular weight is 319 g/mol. The van der Waals surface area contributed by atoms with Gasteiger partial charge in [-0.3, -0.25) is 4.79 Å². The number of carbonyl (C=O) groups is 1. The number of fused-ring (bicyclic) bond motifs is 1. The van der Waals surface area contributed by atoms with E-state index in [9.17, 15) is 9.90 Å². The molecule has 1 aromatic rings. The Balaban J connectivity index is 1.83. The topological polar surface area (TPSA) is 67.8 Å². The maximum absolute atomic E-state index is 12.5. The number of carbonyl (C=O) groups excluding carboxylic acids is 1. The largest absolute Gasteiger partial charge is 0.493 e. The van der Waals surface area contributed by atoms with E-state index in [0.717, 1.165) is 17.7 Å². The average Bonchev–Trinajstić information content (AvgIpc) is 2.97. The van der Waals surface area contributed by atoms with Crippen LogP contribution in [-0.2, 0) is 16.0 Å². The number of amides is 1. The molecule has 126 valence electrons. The molecule has 0 aromatic heterocycles. The fourth-order valence-electron chi connectivity index (χ4n) is 3.18. The lowest BCUT2D eigenvalue weighted by atomic mass is 9.74. The van der Waals surface area contributed by atoms with Gasteiger partial charge < -0.3 is 19.9 Å². The molecule has 5 heteroatoms. The number of methoxy groups -OCH3 is 1. The van der Waals surface area contributed by atoms with Gasteiger partial charge in [0.1, 0.15) is 11.4 Å². The highest BCUT2D eigenvalue weighted by Crippen LogP contribution is 2.40. The first kappa shape index (κ1) is 16.3. The van der Waals surface area contributed by atoms with Gasteiger partial charge in [0.05, 0.1) is 18.8 Å². The molecule has 2 aliphatic rings. The van der Waals surface area contributed by atoms with Crippen molar-refractivity contribution < 1.29 is 19.4 Å². The van der Waals surface area contributed by atoms with Gasteiger partial charge in [-0.25, -0.2) is 0 Å². The van der Waals surface area contributed by atoms with Crippen molar-refractivity contribution in [3.05, 3.63) is 29.3 Å². The van der Waals surface area contributed by atoms with E-state index in [2.05, 4.69) is 11.4 Å². The predicted molar refractivity (Wildman–Crippen MR) is 86.3 cm³/mol. The molecule has 1 unspecified atom stereocenters. The first-order chi connectivity index (χ1) is 10.9. The third kappa shape index (κ3) is 3.21. The van der Waals surface area contributed by atoms with Crippen molar-refractivity contribution in [2.45, 2.75) is 50.9 Å². The Bertz CT molecular complexity index is 593.